The molecule has 5 nitrogen and oxygen atoms in total. The summed E-state index contributed by atoms with van der Waals surface area (Å²) in [5, 5.41) is 13.6. The van der Waals surface area contributed by atoms with Gasteiger partial charge >= 0.3 is 5.97 Å². The van der Waals surface area contributed by atoms with E-state index in [1.807, 2.05) is 0 Å². The van der Waals surface area contributed by atoms with E-state index in [1.54, 1.807) is 0 Å². The van der Waals surface area contributed by atoms with Crippen LogP contribution >= 0.6 is 0 Å². The highest BCUT2D eigenvalue weighted by Crippen LogP contribution is 2.38. The smallest absolute Gasteiger partial charge is 0.337 e. The van der Waals surface area contributed by atoms with Crippen molar-refractivity contribution in [2.24, 2.45) is 17.8 Å². The molecular formula is C25H45NO4. The van der Waals surface area contributed by atoms with Crippen LogP contribution in [0.1, 0.15) is 91.4 Å². The maximum Gasteiger partial charge on any atom is 0.337 e. The summed E-state index contributed by atoms with van der Waals surface area (Å²) >= 11 is 0. The Hall–Kier alpha value is -1.20. The fourth-order valence-electron chi connectivity index (χ4n) is 4.55. The van der Waals surface area contributed by atoms with Gasteiger partial charge in [0.05, 0.1) is 7.11 Å². The summed E-state index contributed by atoms with van der Waals surface area (Å²) in [4.78, 5) is 24.3. The Balaban J connectivity index is 2.53. The van der Waals surface area contributed by atoms with Crippen LogP contribution in [0.3, 0.4) is 0 Å². The Bertz CT molecular complexity index is 529. The van der Waals surface area contributed by atoms with Crippen LogP contribution in [-0.4, -0.2) is 42.7 Å². The fraction of sp³-hybridized carbons (Fsp3) is 0.840. The van der Waals surface area contributed by atoms with Gasteiger partial charge in [0.2, 0.25) is 0 Å². The summed E-state index contributed by atoms with van der Waals surface area (Å²) in [6.07, 6.45) is 15.4. The molecule has 5 heteroatoms. The molecule has 0 amide bonds. The third kappa shape index (κ3) is 9.30. The summed E-state index contributed by atoms with van der Waals surface area (Å²) in [6.45, 7) is 7.68. The van der Waals surface area contributed by atoms with Gasteiger partial charge in [-0.1, -0.05) is 58.1 Å². The number of esters is 1. The number of hydrogen-bond acceptors (Lipinski definition) is 5. The lowest BCUT2D eigenvalue weighted by Gasteiger charge is -2.22. The van der Waals surface area contributed by atoms with Gasteiger partial charge in [0.15, 0.2) is 5.60 Å². The number of carbonyl (C=O) groups is 2. The first-order valence-electron chi connectivity index (χ1n) is 12.1. The summed E-state index contributed by atoms with van der Waals surface area (Å²) in [6, 6.07) is 0. The third-order valence-corrected chi connectivity index (χ3v) is 6.43. The minimum Gasteiger partial charge on any atom is -0.467 e. The van der Waals surface area contributed by atoms with Gasteiger partial charge < -0.3 is 15.2 Å². The molecule has 0 aromatic carbocycles. The van der Waals surface area contributed by atoms with Crippen molar-refractivity contribution in [2.45, 2.75) is 97.0 Å². The highest BCUT2D eigenvalue weighted by molar-refractivity contribution is 5.84. The summed E-state index contributed by atoms with van der Waals surface area (Å²) < 4.78 is 4.65. The van der Waals surface area contributed by atoms with Crippen molar-refractivity contribution in [3.8, 4) is 0 Å². The molecule has 0 bridgehead atoms. The van der Waals surface area contributed by atoms with Crippen molar-refractivity contribution < 1.29 is 19.4 Å². The number of Topliss-reactive ketones (excluding diaryl/α,β-unsaturated/α-hetero) is 1. The molecule has 1 aliphatic rings. The maximum atomic E-state index is 12.7. The number of rotatable bonds is 16. The molecule has 1 aliphatic carbocycles. The first kappa shape index (κ1) is 26.8. The number of carbonyl (C=O) groups excluding carboxylic acids is 2. The van der Waals surface area contributed by atoms with E-state index >= 15 is 0 Å². The predicted molar refractivity (Wildman–Crippen MR) is 122 cm³/mol. The van der Waals surface area contributed by atoms with Gasteiger partial charge in [-0.15, -0.1) is 0 Å². The minimum atomic E-state index is -1.42. The van der Waals surface area contributed by atoms with Crippen LogP contribution in [0.4, 0.5) is 0 Å². The van der Waals surface area contributed by atoms with Crippen LogP contribution in [0, 0.1) is 17.8 Å². The summed E-state index contributed by atoms with van der Waals surface area (Å²) in [5.41, 5.74) is -1.42. The van der Waals surface area contributed by atoms with Crippen LogP contribution < -0.4 is 5.32 Å². The van der Waals surface area contributed by atoms with Crippen LogP contribution in [0.2, 0.25) is 0 Å². The van der Waals surface area contributed by atoms with Crippen LogP contribution in [0.15, 0.2) is 12.2 Å². The summed E-state index contributed by atoms with van der Waals surface area (Å²) in [7, 11) is 1.30. The Morgan fingerprint density at radius 3 is 2.60 bits per heavy atom. The Morgan fingerprint density at radius 2 is 1.93 bits per heavy atom. The Kier molecular flexibility index (Phi) is 13.2. The normalized spacial score (nSPS) is 23.8. The average Bonchev–Trinajstić information content (AvgIpc) is 3.02. The average molecular weight is 424 g/mol. The van der Waals surface area contributed by atoms with Gasteiger partial charge in [-0.05, 0) is 64.0 Å². The van der Waals surface area contributed by atoms with Gasteiger partial charge in [0.25, 0.3) is 0 Å². The lowest BCUT2D eigenvalue weighted by Crippen LogP contribution is -2.36. The molecule has 0 radical (unpaired) electrons. The maximum absolute atomic E-state index is 12.7. The molecule has 1 saturated carbocycles. The second kappa shape index (κ2) is 14.7. The molecule has 0 aliphatic heterocycles. The van der Waals surface area contributed by atoms with Crippen molar-refractivity contribution in [1.82, 2.24) is 5.32 Å². The quantitative estimate of drug-likeness (QED) is 0.211. The second-order valence-corrected chi connectivity index (χ2v) is 9.06. The Labute approximate surface area is 184 Å². The zero-order chi connectivity index (χ0) is 22.4. The molecule has 1 unspecified atom stereocenters. The van der Waals surface area contributed by atoms with E-state index in [2.05, 4.69) is 36.1 Å². The van der Waals surface area contributed by atoms with Gasteiger partial charge in [0.1, 0.15) is 5.78 Å². The molecule has 1 fully saturated rings. The van der Waals surface area contributed by atoms with Crippen LogP contribution in [-0.2, 0) is 14.3 Å². The minimum absolute atomic E-state index is 0.113. The zero-order valence-electron chi connectivity index (χ0n) is 19.8. The van der Waals surface area contributed by atoms with E-state index in [1.165, 1.54) is 39.7 Å². The van der Waals surface area contributed by atoms with Crippen molar-refractivity contribution in [3.63, 3.8) is 0 Å². The van der Waals surface area contributed by atoms with E-state index in [4.69, 9.17) is 0 Å². The second-order valence-electron chi connectivity index (χ2n) is 9.06. The summed E-state index contributed by atoms with van der Waals surface area (Å²) in [5.74, 6) is 0.668. The number of aliphatic hydroxyl groups is 1. The number of allylic oxidation sites excluding steroid dienone is 2. The van der Waals surface area contributed by atoms with E-state index in [0.29, 0.717) is 30.5 Å². The molecule has 0 heterocycles. The number of nitrogens with one attached hydrogen (secondary N) is 1. The van der Waals surface area contributed by atoms with E-state index < -0.39 is 11.6 Å². The molecule has 0 saturated heterocycles. The molecule has 0 aromatic heterocycles. The van der Waals surface area contributed by atoms with Gasteiger partial charge in [-0.2, -0.15) is 0 Å². The zero-order valence-corrected chi connectivity index (χ0v) is 19.8. The topological polar surface area (TPSA) is 75.6 Å². The van der Waals surface area contributed by atoms with Gasteiger partial charge in [-0.3, -0.25) is 4.79 Å². The van der Waals surface area contributed by atoms with Crippen molar-refractivity contribution in [3.05, 3.63) is 12.2 Å². The Morgan fingerprint density at radius 1 is 1.20 bits per heavy atom. The fourth-order valence-corrected chi connectivity index (χ4v) is 4.55. The SMILES string of the molecule is CCCCCCC=C[C@H]1[C@H](CNCC)CC(=O)[C@@H]1CCCCCC(C)(O)C(=O)OC. The molecule has 1 rings (SSSR count). The first-order valence-corrected chi connectivity index (χ1v) is 12.1. The van der Waals surface area contributed by atoms with Crippen LogP contribution in [0.25, 0.3) is 0 Å². The molecule has 0 aromatic rings. The predicted octanol–water partition coefficient (Wildman–Crippen LogP) is 4.82. The first-order chi connectivity index (χ1) is 14.4. The van der Waals surface area contributed by atoms with Crippen molar-refractivity contribution in [2.75, 3.05) is 20.2 Å². The molecule has 2 N–H and O–H groups in total. The monoisotopic (exact) mass is 423 g/mol. The highest BCUT2D eigenvalue weighted by Gasteiger charge is 2.40. The van der Waals surface area contributed by atoms with E-state index in [0.717, 1.165) is 45.2 Å². The number of hydrogen-bond donors (Lipinski definition) is 2. The molecule has 174 valence electrons. The van der Waals surface area contributed by atoms with E-state index in [9.17, 15) is 14.7 Å². The van der Waals surface area contributed by atoms with Crippen molar-refractivity contribution in [1.29, 1.82) is 0 Å². The number of ketones is 1. The highest BCUT2D eigenvalue weighted by atomic mass is 16.5. The third-order valence-electron chi connectivity index (χ3n) is 6.43. The largest absolute Gasteiger partial charge is 0.467 e. The molecule has 4 atom stereocenters. The molecular weight excluding hydrogens is 378 g/mol. The standard InChI is InChI=1S/C25H45NO4/c1-5-7-8-9-10-12-15-21-20(19-26-6-2)18-23(27)22(21)16-13-11-14-17-25(3,29)24(28)30-4/h12,15,20-22,26,29H,5-11,13-14,16-19H2,1-4H3/t20-,21-,22+,25?/m0/s1. The number of methoxy groups -OCH3 is 1. The van der Waals surface area contributed by atoms with Crippen molar-refractivity contribution >= 4 is 11.8 Å². The number of unbranched alkanes of at least 4 members (excludes halogenated alkanes) is 6. The van der Waals surface area contributed by atoms with Gasteiger partial charge in [-0.25, -0.2) is 4.79 Å². The molecule has 30 heavy (non-hydrogen) atoms. The van der Waals surface area contributed by atoms with E-state index in [-0.39, 0.29) is 5.92 Å². The lowest BCUT2D eigenvalue weighted by molar-refractivity contribution is -0.161. The van der Waals surface area contributed by atoms with Gasteiger partial charge in [0, 0.05) is 12.3 Å². The number of ether oxygens (including phenoxy) is 1. The molecule has 0 spiro atoms. The van der Waals surface area contributed by atoms with Crippen LogP contribution in [0.5, 0.6) is 0 Å². The lowest BCUT2D eigenvalue weighted by atomic mass is 9.85.